The molecule has 0 unspecified atom stereocenters. The Morgan fingerprint density at radius 1 is 1.00 bits per heavy atom. The van der Waals surface area contributed by atoms with Crippen molar-refractivity contribution in [3.63, 3.8) is 0 Å². The van der Waals surface area contributed by atoms with Crippen molar-refractivity contribution in [3.8, 4) is 17.2 Å². The van der Waals surface area contributed by atoms with Crippen LogP contribution in [0.15, 0.2) is 97.3 Å². The predicted octanol–water partition coefficient (Wildman–Crippen LogP) is 7.55. The molecule has 6 nitrogen and oxygen atoms in total. The zero-order valence-electron chi connectivity index (χ0n) is 22.6. The second-order valence-electron chi connectivity index (χ2n) is 10.3. The number of rotatable bonds is 9. The molecule has 0 aliphatic carbocycles. The highest BCUT2D eigenvalue weighted by molar-refractivity contribution is 5.91. The van der Waals surface area contributed by atoms with E-state index in [2.05, 4.69) is 24.1 Å². The third-order valence-corrected chi connectivity index (χ3v) is 7.19. The predicted molar refractivity (Wildman–Crippen MR) is 152 cm³/mol. The molecule has 0 spiro atoms. The van der Waals surface area contributed by atoms with Gasteiger partial charge in [0, 0.05) is 17.8 Å². The molecule has 1 aromatic heterocycles. The molecular formula is C33H33FN2O4. The number of carbonyl (C=O) groups excluding carboxylic acids is 1. The number of ether oxygens (including phenoxy) is 3. The number of carbonyl (C=O) groups is 1. The highest BCUT2D eigenvalue weighted by atomic mass is 19.1. The SMILES string of the molecule is CC(C)[C@@H]1C[C@H](c2ccccc2F)CO[C@H]1c1cccc(OCC(=O)Nc2ccc(Oc3cccnc3)cc2)c1. The van der Waals surface area contributed by atoms with Gasteiger partial charge in [-0.25, -0.2) is 4.39 Å². The fraction of sp³-hybridized carbons (Fsp3) is 0.273. The van der Waals surface area contributed by atoms with Crippen molar-refractivity contribution in [1.82, 2.24) is 4.98 Å². The second kappa shape index (κ2) is 12.7. The summed E-state index contributed by atoms with van der Waals surface area (Å²) in [5.41, 5.74) is 2.35. The number of benzene rings is 3. The fourth-order valence-corrected chi connectivity index (χ4v) is 5.13. The van der Waals surface area contributed by atoms with Gasteiger partial charge in [-0.2, -0.15) is 0 Å². The molecule has 0 radical (unpaired) electrons. The summed E-state index contributed by atoms with van der Waals surface area (Å²) >= 11 is 0. The van der Waals surface area contributed by atoms with Crippen LogP contribution in [0, 0.1) is 17.7 Å². The Morgan fingerprint density at radius 3 is 2.55 bits per heavy atom. The number of hydrogen-bond acceptors (Lipinski definition) is 5. The Morgan fingerprint density at radius 2 is 1.80 bits per heavy atom. The highest BCUT2D eigenvalue weighted by Gasteiger charge is 2.35. The van der Waals surface area contributed by atoms with E-state index in [4.69, 9.17) is 14.2 Å². The summed E-state index contributed by atoms with van der Waals surface area (Å²) in [7, 11) is 0. The lowest BCUT2D eigenvalue weighted by Gasteiger charge is -2.39. The molecule has 4 aromatic rings. The number of pyridine rings is 1. The van der Waals surface area contributed by atoms with Gasteiger partial charge in [0.1, 0.15) is 23.1 Å². The van der Waals surface area contributed by atoms with Gasteiger partial charge in [-0.15, -0.1) is 0 Å². The number of nitrogens with zero attached hydrogens (tertiary/aromatic N) is 1. The van der Waals surface area contributed by atoms with Crippen molar-refractivity contribution in [3.05, 3.63) is 114 Å². The zero-order valence-corrected chi connectivity index (χ0v) is 22.6. The van der Waals surface area contributed by atoms with Gasteiger partial charge in [0.05, 0.1) is 18.9 Å². The van der Waals surface area contributed by atoms with E-state index >= 15 is 0 Å². The van der Waals surface area contributed by atoms with E-state index < -0.39 is 0 Å². The molecule has 0 bridgehead atoms. The van der Waals surface area contributed by atoms with Crippen LogP contribution in [0.3, 0.4) is 0 Å². The van der Waals surface area contributed by atoms with Gasteiger partial charge < -0.3 is 19.5 Å². The van der Waals surface area contributed by atoms with Gasteiger partial charge in [-0.05, 0) is 84.0 Å². The van der Waals surface area contributed by atoms with Crippen molar-refractivity contribution in [2.24, 2.45) is 11.8 Å². The maximum atomic E-state index is 14.4. The quantitative estimate of drug-likeness (QED) is 0.237. The molecule has 1 N–H and O–H groups in total. The molecule has 1 saturated heterocycles. The van der Waals surface area contributed by atoms with Crippen LogP contribution in [0.5, 0.6) is 17.2 Å². The molecule has 1 amide bonds. The average Bonchev–Trinajstić information content (AvgIpc) is 2.98. The van der Waals surface area contributed by atoms with Crippen LogP contribution < -0.4 is 14.8 Å². The molecule has 3 aromatic carbocycles. The van der Waals surface area contributed by atoms with Crippen molar-refractivity contribution in [2.45, 2.75) is 32.3 Å². The zero-order chi connectivity index (χ0) is 27.9. The van der Waals surface area contributed by atoms with E-state index in [1.807, 2.05) is 42.5 Å². The van der Waals surface area contributed by atoms with Gasteiger partial charge in [-0.1, -0.05) is 44.2 Å². The normalized spacial score (nSPS) is 18.8. The minimum atomic E-state index is -0.270. The van der Waals surface area contributed by atoms with Crippen molar-refractivity contribution in [1.29, 1.82) is 0 Å². The number of halogens is 1. The lowest BCUT2D eigenvalue weighted by Crippen LogP contribution is -2.31. The van der Waals surface area contributed by atoms with Gasteiger partial charge in [0.15, 0.2) is 6.61 Å². The minimum Gasteiger partial charge on any atom is -0.484 e. The van der Waals surface area contributed by atoms with Gasteiger partial charge in [0.25, 0.3) is 5.91 Å². The molecular weight excluding hydrogens is 507 g/mol. The molecule has 1 fully saturated rings. The summed E-state index contributed by atoms with van der Waals surface area (Å²) in [4.78, 5) is 16.6. The number of hydrogen-bond donors (Lipinski definition) is 1. The third-order valence-electron chi connectivity index (χ3n) is 7.19. The Kier molecular flexibility index (Phi) is 8.71. The van der Waals surface area contributed by atoms with Crippen molar-refractivity contribution in [2.75, 3.05) is 18.5 Å². The first-order valence-electron chi connectivity index (χ1n) is 13.5. The molecule has 40 heavy (non-hydrogen) atoms. The first-order valence-corrected chi connectivity index (χ1v) is 13.5. The van der Waals surface area contributed by atoms with Crippen molar-refractivity contribution >= 4 is 11.6 Å². The number of aromatic nitrogens is 1. The van der Waals surface area contributed by atoms with E-state index in [-0.39, 0.29) is 36.3 Å². The van der Waals surface area contributed by atoms with Crippen LogP contribution >= 0.6 is 0 Å². The van der Waals surface area contributed by atoms with E-state index in [1.165, 1.54) is 6.07 Å². The Balaban J connectivity index is 1.17. The van der Waals surface area contributed by atoms with Gasteiger partial charge in [0.2, 0.25) is 0 Å². The summed E-state index contributed by atoms with van der Waals surface area (Å²) < 4.78 is 32.4. The molecule has 1 aliphatic rings. The number of nitrogens with one attached hydrogen (secondary N) is 1. The molecule has 0 saturated carbocycles. The van der Waals surface area contributed by atoms with E-state index in [0.717, 1.165) is 12.0 Å². The summed E-state index contributed by atoms with van der Waals surface area (Å²) in [5.74, 6) is 1.99. The lowest BCUT2D eigenvalue weighted by molar-refractivity contribution is -0.118. The largest absolute Gasteiger partial charge is 0.484 e. The third kappa shape index (κ3) is 6.85. The Bertz CT molecular complexity index is 1410. The van der Waals surface area contributed by atoms with Gasteiger partial charge in [-0.3, -0.25) is 9.78 Å². The molecule has 5 rings (SSSR count). The molecule has 2 heterocycles. The lowest BCUT2D eigenvalue weighted by atomic mass is 9.76. The Hall–Kier alpha value is -4.23. The smallest absolute Gasteiger partial charge is 0.262 e. The molecule has 206 valence electrons. The van der Waals surface area contributed by atoms with E-state index in [9.17, 15) is 9.18 Å². The highest BCUT2D eigenvalue weighted by Crippen LogP contribution is 2.44. The topological polar surface area (TPSA) is 69.7 Å². The standard InChI is InChI=1S/C33H33FN2O4/c1-22(2)30-18-24(29-10-3-4-11-31(29)34)20-39-33(30)23-7-5-8-27(17-23)38-21-32(37)36-25-12-14-26(15-13-25)40-28-9-6-16-35-19-28/h3-17,19,22,24,30,33H,18,20-21H2,1-2H3,(H,36,37)/t24-,30-,33-/m0/s1. The maximum Gasteiger partial charge on any atom is 0.262 e. The minimum absolute atomic E-state index is 0.0175. The Labute approximate surface area is 234 Å². The number of amides is 1. The van der Waals surface area contributed by atoms with Crippen LogP contribution in [0.1, 0.15) is 43.4 Å². The summed E-state index contributed by atoms with van der Waals surface area (Å²) in [6.45, 7) is 4.67. The molecule has 7 heteroatoms. The monoisotopic (exact) mass is 540 g/mol. The summed E-state index contributed by atoms with van der Waals surface area (Å²) in [6.07, 6.45) is 4.02. The molecule has 3 atom stereocenters. The van der Waals surface area contributed by atoms with Crippen LogP contribution in [0.2, 0.25) is 0 Å². The first kappa shape index (κ1) is 27.3. The van der Waals surface area contributed by atoms with E-state index in [1.54, 1.807) is 48.8 Å². The van der Waals surface area contributed by atoms with E-state index in [0.29, 0.717) is 41.0 Å². The van der Waals surface area contributed by atoms with Crippen LogP contribution in [-0.4, -0.2) is 24.1 Å². The summed E-state index contributed by atoms with van der Waals surface area (Å²) in [6, 6.07) is 25.4. The van der Waals surface area contributed by atoms with Crippen LogP contribution in [0.4, 0.5) is 10.1 Å². The number of anilines is 1. The fourth-order valence-electron chi connectivity index (χ4n) is 5.13. The first-order chi connectivity index (χ1) is 19.5. The molecule has 1 aliphatic heterocycles. The average molecular weight is 541 g/mol. The van der Waals surface area contributed by atoms with Crippen molar-refractivity contribution < 1.29 is 23.4 Å². The van der Waals surface area contributed by atoms with Gasteiger partial charge >= 0.3 is 0 Å². The van der Waals surface area contributed by atoms with Crippen LogP contribution in [-0.2, 0) is 9.53 Å². The second-order valence-corrected chi connectivity index (χ2v) is 10.3. The maximum absolute atomic E-state index is 14.4. The summed E-state index contributed by atoms with van der Waals surface area (Å²) in [5, 5.41) is 2.84. The van der Waals surface area contributed by atoms with Crippen LogP contribution in [0.25, 0.3) is 0 Å².